The monoisotopic (exact) mass is 428 g/mol. The van der Waals surface area contributed by atoms with E-state index >= 15 is 0 Å². The quantitative estimate of drug-likeness (QED) is 0.384. The highest BCUT2D eigenvalue weighted by atomic mass is 19.1. The van der Waals surface area contributed by atoms with Crippen LogP contribution in [0.15, 0.2) is 79.9 Å². The predicted molar refractivity (Wildman–Crippen MR) is 125 cm³/mol. The number of benzene rings is 2. The van der Waals surface area contributed by atoms with Crippen LogP contribution in [0.25, 0.3) is 11.5 Å². The molecule has 1 atom stereocenters. The van der Waals surface area contributed by atoms with Crippen molar-refractivity contribution in [2.24, 2.45) is 0 Å². The summed E-state index contributed by atoms with van der Waals surface area (Å²) in [7, 11) is 0. The Labute approximate surface area is 186 Å². The molecule has 0 saturated carbocycles. The van der Waals surface area contributed by atoms with Crippen LogP contribution in [-0.2, 0) is 0 Å². The van der Waals surface area contributed by atoms with Crippen LogP contribution in [0, 0.1) is 12.7 Å². The lowest BCUT2D eigenvalue weighted by molar-refractivity contribution is 0.613. The number of hydrogen-bond acceptors (Lipinski definition) is 5. The predicted octanol–water partition coefficient (Wildman–Crippen LogP) is 5.57. The third-order valence-electron chi connectivity index (χ3n) is 5.14. The molecule has 4 aromatic rings. The molecule has 32 heavy (non-hydrogen) atoms. The lowest BCUT2D eigenvalue weighted by atomic mass is 10.0. The molecule has 2 aromatic carbocycles. The van der Waals surface area contributed by atoms with Crippen molar-refractivity contribution in [3.05, 3.63) is 103 Å². The van der Waals surface area contributed by atoms with Crippen molar-refractivity contribution in [2.45, 2.75) is 26.3 Å². The molecule has 2 N–H and O–H groups in total. The third kappa shape index (κ3) is 4.83. The number of halogens is 1. The van der Waals surface area contributed by atoms with Gasteiger partial charge in [0.1, 0.15) is 23.7 Å². The highest BCUT2D eigenvalue weighted by Gasteiger charge is 2.13. The summed E-state index contributed by atoms with van der Waals surface area (Å²) in [5, 5.41) is 6.58. The van der Waals surface area contributed by atoms with Crippen molar-refractivity contribution >= 4 is 17.3 Å². The second-order valence-corrected chi connectivity index (χ2v) is 7.49. The summed E-state index contributed by atoms with van der Waals surface area (Å²) in [6.45, 7) is 8.26. The number of aryl methyl sites for hydroxylation is 1. The van der Waals surface area contributed by atoms with Gasteiger partial charge in [-0.25, -0.2) is 14.4 Å². The molecule has 0 amide bonds. The summed E-state index contributed by atoms with van der Waals surface area (Å²) in [5.41, 5.74) is 4.30. The van der Waals surface area contributed by atoms with E-state index in [1.165, 1.54) is 17.7 Å². The summed E-state index contributed by atoms with van der Waals surface area (Å²) < 4.78 is 15.0. The van der Waals surface area contributed by atoms with Crippen LogP contribution < -0.4 is 10.6 Å². The minimum Gasteiger partial charge on any atom is -0.377 e. The van der Waals surface area contributed by atoms with E-state index in [4.69, 9.17) is 0 Å². The van der Waals surface area contributed by atoms with E-state index in [1.54, 1.807) is 24.7 Å². The number of aromatic nitrogens is 4. The Bertz CT molecular complexity index is 1200. The summed E-state index contributed by atoms with van der Waals surface area (Å²) in [4.78, 5) is 13.5. The Morgan fingerprint density at radius 2 is 1.84 bits per heavy atom. The molecule has 0 aliphatic rings. The van der Waals surface area contributed by atoms with E-state index in [1.807, 2.05) is 35.9 Å². The summed E-state index contributed by atoms with van der Waals surface area (Å²) in [6, 6.07) is 16.5. The second kappa shape index (κ2) is 9.43. The van der Waals surface area contributed by atoms with Gasteiger partial charge in [0.05, 0.1) is 11.7 Å². The molecule has 0 bridgehead atoms. The molecule has 0 saturated heterocycles. The Morgan fingerprint density at radius 1 is 1.09 bits per heavy atom. The molecule has 162 valence electrons. The smallest absolute Gasteiger partial charge is 0.229 e. The molecule has 0 aliphatic heterocycles. The van der Waals surface area contributed by atoms with E-state index in [-0.39, 0.29) is 11.9 Å². The van der Waals surface area contributed by atoms with Gasteiger partial charge in [0.25, 0.3) is 0 Å². The number of hydrogen-bond donors (Lipinski definition) is 2. The first-order chi connectivity index (χ1) is 15.5. The van der Waals surface area contributed by atoms with Gasteiger partial charge in [0.15, 0.2) is 0 Å². The maximum Gasteiger partial charge on any atom is 0.229 e. The second-order valence-electron chi connectivity index (χ2n) is 7.49. The van der Waals surface area contributed by atoms with Crippen LogP contribution in [0.2, 0.25) is 0 Å². The third-order valence-corrected chi connectivity index (χ3v) is 5.14. The first-order valence-electron chi connectivity index (χ1n) is 10.4. The first-order valence-corrected chi connectivity index (χ1v) is 10.4. The molecule has 0 aliphatic carbocycles. The molecule has 7 heteroatoms. The zero-order valence-corrected chi connectivity index (χ0v) is 18.1. The Hall–Kier alpha value is -4.00. The van der Waals surface area contributed by atoms with E-state index in [0.29, 0.717) is 17.5 Å². The standard InChI is InChI=1S/C25H25FN6/c1-4-22(19-8-6-5-7-9-19)29-18(3)23-15-32(16-28-23)24-17(2)14-27-25(31-24)30-21-12-10-20(26)11-13-21/h5-16,22,29H,3-4H2,1-2H3,(H,27,30,31). The van der Waals surface area contributed by atoms with Crippen molar-refractivity contribution < 1.29 is 4.39 Å². The molecule has 0 radical (unpaired) electrons. The minimum absolute atomic E-state index is 0.154. The summed E-state index contributed by atoms with van der Waals surface area (Å²) >= 11 is 0. The maximum atomic E-state index is 13.1. The normalized spacial score (nSPS) is 11.7. The average Bonchev–Trinajstić information content (AvgIpc) is 3.31. The van der Waals surface area contributed by atoms with Crippen LogP contribution >= 0.6 is 0 Å². The zero-order chi connectivity index (χ0) is 22.5. The summed E-state index contributed by atoms with van der Waals surface area (Å²) in [5.74, 6) is 0.823. The van der Waals surface area contributed by atoms with Crippen LogP contribution in [-0.4, -0.2) is 19.5 Å². The van der Waals surface area contributed by atoms with E-state index in [0.717, 1.165) is 23.4 Å². The maximum absolute atomic E-state index is 13.1. The van der Waals surface area contributed by atoms with E-state index in [2.05, 4.69) is 51.2 Å². The Balaban J connectivity index is 1.52. The van der Waals surface area contributed by atoms with Crippen LogP contribution in [0.1, 0.15) is 36.2 Å². The van der Waals surface area contributed by atoms with Crippen molar-refractivity contribution in [1.82, 2.24) is 24.8 Å². The SMILES string of the molecule is C=C(NC(CC)c1ccccc1)c1cn(-c2nc(Nc3ccc(F)cc3)ncc2C)cn1. The number of anilines is 2. The molecule has 0 spiro atoms. The van der Waals surface area contributed by atoms with Gasteiger partial charge in [0, 0.05) is 23.6 Å². The van der Waals surface area contributed by atoms with Crippen molar-refractivity contribution in [3.63, 3.8) is 0 Å². The molecular formula is C25H25FN6. The molecule has 2 aromatic heterocycles. The fourth-order valence-electron chi connectivity index (χ4n) is 3.40. The number of rotatable bonds is 8. The zero-order valence-electron chi connectivity index (χ0n) is 18.1. The van der Waals surface area contributed by atoms with Gasteiger partial charge < -0.3 is 10.6 Å². The van der Waals surface area contributed by atoms with Gasteiger partial charge in [-0.15, -0.1) is 0 Å². The van der Waals surface area contributed by atoms with Gasteiger partial charge in [-0.3, -0.25) is 4.57 Å². The van der Waals surface area contributed by atoms with Crippen LogP contribution in [0.3, 0.4) is 0 Å². The fourth-order valence-corrected chi connectivity index (χ4v) is 3.40. The number of imidazole rings is 1. The topological polar surface area (TPSA) is 67.7 Å². The van der Waals surface area contributed by atoms with Crippen molar-refractivity contribution in [3.8, 4) is 5.82 Å². The largest absolute Gasteiger partial charge is 0.377 e. The van der Waals surface area contributed by atoms with Gasteiger partial charge in [-0.1, -0.05) is 43.8 Å². The lowest BCUT2D eigenvalue weighted by Crippen LogP contribution is -2.19. The Morgan fingerprint density at radius 3 is 2.56 bits per heavy atom. The number of nitrogens with one attached hydrogen (secondary N) is 2. The van der Waals surface area contributed by atoms with Crippen LogP contribution in [0.4, 0.5) is 16.0 Å². The number of nitrogens with zero attached hydrogens (tertiary/aromatic N) is 4. The van der Waals surface area contributed by atoms with Gasteiger partial charge in [0.2, 0.25) is 5.95 Å². The fraction of sp³-hybridized carbons (Fsp3) is 0.160. The molecule has 2 heterocycles. The lowest BCUT2D eigenvalue weighted by Gasteiger charge is -2.19. The van der Waals surface area contributed by atoms with Gasteiger partial charge >= 0.3 is 0 Å². The van der Waals surface area contributed by atoms with Crippen molar-refractivity contribution in [1.29, 1.82) is 0 Å². The molecule has 6 nitrogen and oxygen atoms in total. The minimum atomic E-state index is -0.293. The van der Waals surface area contributed by atoms with Gasteiger partial charge in [-0.05, 0) is 43.2 Å². The average molecular weight is 429 g/mol. The van der Waals surface area contributed by atoms with E-state index in [9.17, 15) is 4.39 Å². The van der Waals surface area contributed by atoms with E-state index < -0.39 is 0 Å². The van der Waals surface area contributed by atoms with Gasteiger partial charge in [-0.2, -0.15) is 4.98 Å². The summed E-state index contributed by atoms with van der Waals surface area (Å²) in [6.07, 6.45) is 6.27. The highest BCUT2D eigenvalue weighted by molar-refractivity contribution is 5.59. The molecular weight excluding hydrogens is 403 g/mol. The highest BCUT2D eigenvalue weighted by Crippen LogP contribution is 2.22. The first kappa shape index (κ1) is 21.2. The van der Waals surface area contributed by atoms with Crippen LogP contribution in [0.5, 0.6) is 0 Å². The molecule has 4 rings (SSSR count). The van der Waals surface area contributed by atoms with Crippen molar-refractivity contribution in [2.75, 3.05) is 5.32 Å². The molecule has 0 fully saturated rings. The molecule has 1 unspecified atom stereocenters. The Kier molecular flexibility index (Phi) is 6.26.